The minimum atomic E-state index is -0.101. The van der Waals surface area contributed by atoms with Gasteiger partial charge in [0.25, 0.3) is 0 Å². The fraction of sp³-hybridized carbons (Fsp3) is 1.00. The summed E-state index contributed by atoms with van der Waals surface area (Å²) in [7, 11) is 4.37. The van der Waals surface area contributed by atoms with Gasteiger partial charge in [-0.25, -0.2) is 0 Å². The molecule has 3 heteroatoms. The lowest BCUT2D eigenvalue weighted by atomic mass is 10.00. The average Bonchev–Trinajstić information content (AvgIpc) is 2.79. The van der Waals surface area contributed by atoms with Crippen LogP contribution in [0, 0.1) is 0 Å². The van der Waals surface area contributed by atoms with E-state index in [0.29, 0.717) is 12.1 Å². The van der Waals surface area contributed by atoms with Crippen molar-refractivity contribution in [3.8, 4) is 0 Å². The van der Waals surface area contributed by atoms with Gasteiger partial charge in [-0.05, 0) is 65.7 Å². The van der Waals surface area contributed by atoms with Crippen LogP contribution < -0.4 is 0 Å². The second kappa shape index (κ2) is 5.48. The Kier molecular flexibility index (Phi) is 4.22. The Hall–Kier alpha value is -0.120. The molecule has 0 aliphatic carbocycles. The highest BCUT2D eigenvalue weighted by atomic mass is 16.3. The lowest BCUT2D eigenvalue weighted by Crippen LogP contribution is -2.33. The summed E-state index contributed by atoms with van der Waals surface area (Å²) in [5.41, 5.74) is 0. The molecule has 0 aromatic rings. The van der Waals surface area contributed by atoms with Crippen molar-refractivity contribution in [3.05, 3.63) is 0 Å². The van der Waals surface area contributed by atoms with Gasteiger partial charge < -0.3 is 14.9 Å². The van der Waals surface area contributed by atoms with Crippen LogP contribution in [-0.2, 0) is 0 Å². The molecule has 0 radical (unpaired) electrons. The van der Waals surface area contributed by atoms with E-state index in [4.69, 9.17) is 0 Å². The maximum atomic E-state index is 10.2. The van der Waals surface area contributed by atoms with Crippen molar-refractivity contribution in [2.75, 3.05) is 27.2 Å². The molecule has 0 spiro atoms. The van der Waals surface area contributed by atoms with E-state index < -0.39 is 0 Å². The highest BCUT2D eigenvalue weighted by Crippen LogP contribution is 2.24. The summed E-state index contributed by atoms with van der Waals surface area (Å²) in [4.78, 5) is 4.81. The predicted octanol–water partition coefficient (Wildman–Crippen LogP) is 1.32. The quantitative estimate of drug-likeness (QED) is 0.783. The first kappa shape index (κ1) is 12.3. The minimum Gasteiger partial charge on any atom is -0.393 e. The van der Waals surface area contributed by atoms with Crippen LogP contribution in [0.5, 0.6) is 0 Å². The van der Waals surface area contributed by atoms with Crippen molar-refractivity contribution in [2.45, 2.75) is 56.7 Å². The maximum Gasteiger partial charge on any atom is 0.0570 e. The van der Waals surface area contributed by atoms with Crippen molar-refractivity contribution in [2.24, 2.45) is 0 Å². The molecule has 2 saturated heterocycles. The molecule has 1 N–H and O–H groups in total. The van der Waals surface area contributed by atoms with Crippen LogP contribution >= 0.6 is 0 Å². The summed E-state index contributed by atoms with van der Waals surface area (Å²) in [5.74, 6) is 0. The summed E-state index contributed by atoms with van der Waals surface area (Å²) in [6, 6.07) is 1.25. The third-order valence-corrected chi connectivity index (χ3v) is 4.43. The second-order valence-electron chi connectivity index (χ2n) is 5.68. The summed E-state index contributed by atoms with van der Waals surface area (Å²) in [6.45, 7) is 2.42. The second-order valence-corrected chi connectivity index (χ2v) is 5.68. The van der Waals surface area contributed by atoms with Crippen LogP contribution in [0.25, 0.3) is 0 Å². The number of rotatable bonds is 4. The van der Waals surface area contributed by atoms with Crippen molar-refractivity contribution in [1.29, 1.82) is 0 Å². The number of nitrogens with zero attached hydrogens (tertiary/aromatic N) is 2. The lowest BCUT2D eigenvalue weighted by molar-refractivity contribution is 0.0961. The molecule has 0 bridgehead atoms. The molecule has 0 unspecified atom stereocenters. The van der Waals surface area contributed by atoms with Crippen molar-refractivity contribution in [1.82, 2.24) is 9.80 Å². The molecule has 3 nitrogen and oxygen atoms in total. The normalized spacial score (nSPS) is 33.0. The highest BCUT2D eigenvalue weighted by molar-refractivity contribution is 4.83. The topological polar surface area (TPSA) is 26.7 Å². The van der Waals surface area contributed by atoms with Gasteiger partial charge in [-0.2, -0.15) is 0 Å². The van der Waals surface area contributed by atoms with E-state index in [-0.39, 0.29) is 6.10 Å². The average molecular weight is 226 g/mol. The SMILES string of the molecule is CN1CCC[C@H]1CC(O)C[C@@H]1CCCN1C. The summed E-state index contributed by atoms with van der Waals surface area (Å²) in [5, 5.41) is 10.2. The largest absolute Gasteiger partial charge is 0.393 e. The number of hydrogen-bond donors (Lipinski definition) is 1. The number of likely N-dealkylation sites (tertiary alicyclic amines) is 2. The Morgan fingerprint density at radius 1 is 1.00 bits per heavy atom. The Morgan fingerprint density at radius 3 is 1.75 bits per heavy atom. The highest BCUT2D eigenvalue weighted by Gasteiger charge is 2.27. The van der Waals surface area contributed by atoms with Crippen molar-refractivity contribution < 1.29 is 5.11 Å². The smallest absolute Gasteiger partial charge is 0.0570 e. The fourth-order valence-electron chi connectivity index (χ4n) is 3.28. The van der Waals surface area contributed by atoms with Crippen LogP contribution in [-0.4, -0.2) is 60.3 Å². The van der Waals surface area contributed by atoms with E-state index in [0.717, 1.165) is 12.8 Å². The molecule has 2 aliphatic rings. The summed E-state index contributed by atoms with van der Waals surface area (Å²) >= 11 is 0. The van der Waals surface area contributed by atoms with Gasteiger partial charge >= 0.3 is 0 Å². The molecule has 0 saturated carbocycles. The van der Waals surface area contributed by atoms with Crippen LogP contribution in [0.2, 0.25) is 0 Å². The van der Waals surface area contributed by atoms with Gasteiger partial charge in [0.15, 0.2) is 0 Å². The molecule has 0 aromatic heterocycles. The van der Waals surface area contributed by atoms with Crippen LogP contribution in [0.3, 0.4) is 0 Å². The minimum absolute atomic E-state index is 0.101. The molecule has 2 aliphatic heterocycles. The Bertz CT molecular complexity index is 200. The van der Waals surface area contributed by atoms with E-state index >= 15 is 0 Å². The molecule has 2 fully saturated rings. The Balaban J connectivity index is 1.73. The van der Waals surface area contributed by atoms with Gasteiger partial charge in [-0.15, -0.1) is 0 Å². The van der Waals surface area contributed by atoms with Gasteiger partial charge in [0.05, 0.1) is 6.10 Å². The van der Waals surface area contributed by atoms with E-state index in [2.05, 4.69) is 23.9 Å². The third-order valence-electron chi connectivity index (χ3n) is 4.43. The van der Waals surface area contributed by atoms with E-state index in [1.807, 2.05) is 0 Å². The van der Waals surface area contributed by atoms with Gasteiger partial charge in [0, 0.05) is 12.1 Å². The first-order valence-electron chi connectivity index (χ1n) is 6.75. The van der Waals surface area contributed by atoms with E-state index in [1.54, 1.807) is 0 Å². The van der Waals surface area contributed by atoms with Gasteiger partial charge in [-0.3, -0.25) is 0 Å². The Labute approximate surface area is 99.4 Å². The number of aliphatic hydroxyl groups is 1. The van der Waals surface area contributed by atoms with E-state index in [9.17, 15) is 5.11 Å². The summed E-state index contributed by atoms with van der Waals surface area (Å²) < 4.78 is 0. The zero-order chi connectivity index (χ0) is 11.5. The monoisotopic (exact) mass is 226 g/mol. The Morgan fingerprint density at radius 2 is 1.44 bits per heavy atom. The first-order valence-corrected chi connectivity index (χ1v) is 6.75. The molecule has 0 aromatic carbocycles. The molecule has 16 heavy (non-hydrogen) atoms. The van der Waals surface area contributed by atoms with Crippen LogP contribution in [0.15, 0.2) is 0 Å². The maximum absolute atomic E-state index is 10.2. The lowest BCUT2D eigenvalue weighted by Gasteiger charge is -2.26. The molecule has 2 atom stereocenters. The number of hydrogen-bond acceptors (Lipinski definition) is 3. The predicted molar refractivity (Wildman–Crippen MR) is 66.5 cm³/mol. The molecule has 2 heterocycles. The first-order chi connectivity index (χ1) is 7.66. The van der Waals surface area contributed by atoms with Crippen LogP contribution in [0.1, 0.15) is 38.5 Å². The molecule has 94 valence electrons. The van der Waals surface area contributed by atoms with Gasteiger partial charge in [-0.1, -0.05) is 0 Å². The summed E-state index contributed by atoms with van der Waals surface area (Å²) in [6.07, 6.45) is 6.99. The standard InChI is InChI=1S/C13H26N2O/c1-14-7-3-5-11(14)9-13(16)10-12-6-4-8-15(12)2/h11-13,16H,3-10H2,1-2H3/t11-,12-/m0/s1. The molecular formula is C13H26N2O. The van der Waals surface area contributed by atoms with Gasteiger partial charge in [0.1, 0.15) is 0 Å². The molecular weight excluding hydrogens is 200 g/mol. The molecule has 0 amide bonds. The molecule has 2 rings (SSSR count). The number of aliphatic hydroxyl groups excluding tert-OH is 1. The van der Waals surface area contributed by atoms with E-state index in [1.165, 1.54) is 38.8 Å². The fourth-order valence-corrected chi connectivity index (χ4v) is 3.28. The zero-order valence-electron chi connectivity index (χ0n) is 10.7. The van der Waals surface area contributed by atoms with Crippen LogP contribution in [0.4, 0.5) is 0 Å². The zero-order valence-corrected chi connectivity index (χ0v) is 10.7. The van der Waals surface area contributed by atoms with Crippen molar-refractivity contribution in [3.63, 3.8) is 0 Å². The van der Waals surface area contributed by atoms with Crippen molar-refractivity contribution >= 4 is 0 Å². The third kappa shape index (κ3) is 2.96. The van der Waals surface area contributed by atoms with Gasteiger partial charge in [0.2, 0.25) is 0 Å².